The van der Waals surface area contributed by atoms with Crippen molar-refractivity contribution in [1.29, 1.82) is 0 Å². The van der Waals surface area contributed by atoms with Gasteiger partial charge in [0.15, 0.2) is 5.96 Å². The zero-order chi connectivity index (χ0) is 17.4. The lowest BCUT2D eigenvalue weighted by molar-refractivity contribution is 0.297. The van der Waals surface area contributed by atoms with Crippen LogP contribution in [0.25, 0.3) is 0 Å². The topological polar surface area (TPSA) is 48.9 Å². The van der Waals surface area contributed by atoms with E-state index in [0.717, 1.165) is 24.8 Å². The van der Waals surface area contributed by atoms with E-state index in [1.807, 2.05) is 12.1 Å². The number of methoxy groups -OCH3 is 1. The summed E-state index contributed by atoms with van der Waals surface area (Å²) in [6.45, 7) is 1.54. The van der Waals surface area contributed by atoms with Crippen LogP contribution < -0.4 is 15.4 Å². The van der Waals surface area contributed by atoms with Crippen molar-refractivity contribution in [1.82, 2.24) is 15.5 Å². The van der Waals surface area contributed by atoms with Gasteiger partial charge in [0.05, 0.1) is 19.7 Å². The highest BCUT2D eigenvalue weighted by Crippen LogP contribution is 2.22. The number of halogens is 1. The molecule has 0 bridgehead atoms. The average Bonchev–Trinajstić information content (AvgIpc) is 3.11. The summed E-state index contributed by atoms with van der Waals surface area (Å²) in [5.74, 6) is 1.68. The minimum Gasteiger partial charge on any atom is -0.497 e. The number of guanidine groups is 1. The van der Waals surface area contributed by atoms with E-state index in [4.69, 9.17) is 4.74 Å². The Labute approximate surface area is 171 Å². The smallest absolute Gasteiger partial charge is 0.191 e. The minimum atomic E-state index is 0. The molecule has 1 heterocycles. The molecule has 0 fully saturated rings. The quantitative estimate of drug-likeness (QED) is 0.367. The van der Waals surface area contributed by atoms with Crippen LogP contribution in [0.1, 0.15) is 16.5 Å². The zero-order valence-corrected chi connectivity index (χ0v) is 18.3. The molecule has 0 radical (unpaired) electrons. The van der Waals surface area contributed by atoms with Crippen LogP contribution >= 0.6 is 35.3 Å². The summed E-state index contributed by atoms with van der Waals surface area (Å²) in [5, 5.41) is 8.84. The molecule has 0 aliphatic rings. The third kappa shape index (κ3) is 6.83. The SMILES string of the molecule is CN=C(NCc1cccs1)NCC(c1cccc(OC)c1)N(C)C.I. The highest BCUT2D eigenvalue weighted by Gasteiger charge is 2.15. The molecule has 1 unspecified atom stereocenters. The van der Waals surface area contributed by atoms with Crippen molar-refractivity contribution in [3.8, 4) is 5.75 Å². The van der Waals surface area contributed by atoms with Gasteiger partial charge in [0.25, 0.3) is 0 Å². The van der Waals surface area contributed by atoms with Gasteiger partial charge >= 0.3 is 0 Å². The first-order valence-corrected chi connectivity index (χ1v) is 8.79. The molecule has 2 N–H and O–H groups in total. The van der Waals surface area contributed by atoms with Crippen LogP contribution in [0.5, 0.6) is 5.75 Å². The summed E-state index contributed by atoms with van der Waals surface area (Å²) >= 11 is 1.74. The number of aliphatic imine (C=N–C) groups is 1. The van der Waals surface area contributed by atoms with E-state index in [1.165, 1.54) is 10.4 Å². The summed E-state index contributed by atoms with van der Waals surface area (Å²) < 4.78 is 5.34. The number of benzene rings is 1. The molecule has 1 aromatic carbocycles. The first kappa shape index (κ1) is 21.7. The van der Waals surface area contributed by atoms with Crippen LogP contribution in [0.4, 0.5) is 0 Å². The second-order valence-corrected chi connectivity index (χ2v) is 6.67. The maximum Gasteiger partial charge on any atom is 0.191 e. The van der Waals surface area contributed by atoms with Gasteiger partial charge in [-0.05, 0) is 43.2 Å². The average molecular weight is 474 g/mol. The van der Waals surface area contributed by atoms with E-state index in [-0.39, 0.29) is 30.0 Å². The number of hydrogen-bond acceptors (Lipinski definition) is 4. The molecule has 0 aliphatic carbocycles. The van der Waals surface area contributed by atoms with E-state index < -0.39 is 0 Å². The van der Waals surface area contributed by atoms with E-state index in [0.29, 0.717) is 0 Å². The molecule has 25 heavy (non-hydrogen) atoms. The summed E-state index contributed by atoms with van der Waals surface area (Å²) in [6.07, 6.45) is 0. The third-order valence-corrected chi connectivity index (χ3v) is 4.67. The van der Waals surface area contributed by atoms with Gasteiger partial charge in [-0.1, -0.05) is 18.2 Å². The Morgan fingerprint density at radius 1 is 1.24 bits per heavy atom. The first-order chi connectivity index (χ1) is 11.6. The lowest BCUT2D eigenvalue weighted by Crippen LogP contribution is -2.41. The molecular formula is C18H27IN4OS. The number of hydrogen-bond donors (Lipinski definition) is 2. The lowest BCUT2D eigenvalue weighted by Gasteiger charge is -2.26. The minimum absolute atomic E-state index is 0. The summed E-state index contributed by atoms with van der Waals surface area (Å²) in [7, 11) is 7.64. The van der Waals surface area contributed by atoms with Gasteiger partial charge in [-0.25, -0.2) is 0 Å². The van der Waals surface area contributed by atoms with Gasteiger partial charge in [0.1, 0.15) is 5.75 Å². The van der Waals surface area contributed by atoms with Gasteiger partial charge < -0.3 is 20.3 Å². The maximum absolute atomic E-state index is 5.34. The summed E-state index contributed by atoms with van der Waals surface area (Å²) in [4.78, 5) is 7.78. The van der Waals surface area contributed by atoms with Crippen LogP contribution in [0, 0.1) is 0 Å². The Kier molecular flexibility index (Phi) is 9.84. The molecule has 0 saturated carbocycles. The number of nitrogens with one attached hydrogen (secondary N) is 2. The fourth-order valence-corrected chi connectivity index (χ4v) is 3.09. The Hall–Kier alpha value is -1.32. The summed E-state index contributed by atoms with van der Waals surface area (Å²) in [5.41, 5.74) is 1.21. The molecule has 138 valence electrons. The van der Waals surface area contributed by atoms with Crippen molar-refractivity contribution in [3.63, 3.8) is 0 Å². The van der Waals surface area contributed by atoms with Gasteiger partial charge in [-0.15, -0.1) is 35.3 Å². The number of likely N-dealkylation sites (N-methyl/N-ethyl adjacent to an activating group) is 1. The van der Waals surface area contributed by atoms with Gasteiger partial charge in [-0.3, -0.25) is 4.99 Å². The van der Waals surface area contributed by atoms with Crippen molar-refractivity contribution in [2.75, 3.05) is 34.8 Å². The molecular weight excluding hydrogens is 447 g/mol. The molecule has 1 aromatic heterocycles. The molecule has 1 atom stereocenters. The van der Waals surface area contributed by atoms with E-state index >= 15 is 0 Å². The maximum atomic E-state index is 5.34. The van der Waals surface area contributed by atoms with Crippen molar-refractivity contribution in [2.24, 2.45) is 4.99 Å². The third-order valence-electron chi connectivity index (χ3n) is 3.80. The number of nitrogens with zero attached hydrogens (tertiary/aromatic N) is 2. The van der Waals surface area contributed by atoms with Crippen LogP contribution in [0.2, 0.25) is 0 Å². The fraction of sp³-hybridized carbons (Fsp3) is 0.389. The predicted molar refractivity (Wildman–Crippen MR) is 117 cm³/mol. The number of rotatable bonds is 7. The summed E-state index contributed by atoms with van der Waals surface area (Å²) in [6, 6.07) is 12.6. The Morgan fingerprint density at radius 3 is 2.64 bits per heavy atom. The van der Waals surface area contributed by atoms with Crippen molar-refractivity contribution < 1.29 is 4.74 Å². The standard InChI is InChI=1S/C18H26N4OS.HI/c1-19-18(20-12-16-9-6-10-24-16)21-13-17(22(2)3)14-7-5-8-15(11-14)23-4;/h5-11,17H,12-13H2,1-4H3,(H2,19,20,21);1H. The van der Waals surface area contributed by atoms with Crippen molar-refractivity contribution in [2.45, 2.75) is 12.6 Å². The van der Waals surface area contributed by atoms with Crippen LogP contribution in [-0.2, 0) is 6.54 Å². The predicted octanol–water partition coefficient (Wildman–Crippen LogP) is 3.34. The van der Waals surface area contributed by atoms with Crippen molar-refractivity contribution in [3.05, 3.63) is 52.2 Å². The van der Waals surface area contributed by atoms with E-state index in [1.54, 1.807) is 25.5 Å². The second kappa shape index (κ2) is 11.3. The highest BCUT2D eigenvalue weighted by atomic mass is 127. The lowest BCUT2D eigenvalue weighted by atomic mass is 10.1. The largest absolute Gasteiger partial charge is 0.497 e. The normalized spacial score (nSPS) is 12.4. The fourth-order valence-electron chi connectivity index (χ4n) is 2.45. The van der Waals surface area contributed by atoms with E-state index in [2.05, 4.69) is 64.3 Å². The molecule has 0 spiro atoms. The molecule has 0 saturated heterocycles. The molecule has 2 aromatic rings. The Balaban J connectivity index is 0.00000312. The second-order valence-electron chi connectivity index (χ2n) is 5.64. The molecule has 7 heteroatoms. The zero-order valence-electron chi connectivity index (χ0n) is 15.2. The molecule has 2 rings (SSSR count). The number of thiophene rings is 1. The van der Waals surface area contributed by atoms with Gasteiger partial charge in [0, 0.05) is 18.5 Å². The van der Waals surface area contributed by atoms with Crippen LogP contribution in [0.3, 0.4) is 0 Å². The highest BCUT2D eigenvalue weighted by molar-refractivity contribution is 14.0. The Morgan fingerprint density at radius 2 is 2.04 bits per heavy atom. The van der Waals surface area contributed by atoms with Crippen molar-refractivity contribution >= 4 is 41.3 Å². The van der Waals surface area contributed by atoms with Gasteiger partial charge in [-0.2, -0.15) is 0 Å². The molecule has 0 aliphatic heterocycles. The Bertz CT molecular complexity index is 646. The molecule has 0 amide bonds. The van der Waals surface area contributed by atoms with Crippen LogP contribution in [-0.4, -0.2) is 45.7 Å². The van der Waals surface area contributed by atoms with Crippen LogP contribution in [0.15, 0.2) is 46.8 Å². The molecule has 5 nitrogen and oxygen atoms in total. The van der Waals surface area contributed by atoms with Gasteiger partial charge in [0.2, 0.25) is 0 Å². The first-order valence-electron chi connectivity index (χ1n) is 7.91. The number of ether oxygens (including phenoxy) is 1. The van der Waals surface area contributed by atoms with E-state index in [9.17, 15) is 0 Å². The monoisotopic (exact) mass is 474 g/mol.